The Balaban J connectivity index is 1.67. The monoisotopic (exact) mass is 333 g/mol. The normalized spacial score (nSPS) is 16.2. The zero-order chi connectivity index (χ0) is 17.2. The van der Waals surface area contributed by atoms with Crippen molar-refractivity contribution in [3.05, 3.63) is 83.3 Å². The molecule has 4 heteroatoms. The first kappa shape index (κ1) is 15.8. The zero-order valence-electron chi connectivity index (χ0n) is 14.2. The SMILES string of the molecule is Nc1cccc(C(c2ccco2)N2CCc3ccc(N)cc3CC2)c1. The molecule has 0 fully saturated rings. The maximum atomic E-state index is 6.03. The maximum absolute atomic E-state index is 6.03. The minimum absolute atomic E-state index is 0.0742. The third-order valence-electron chi connectivity index (χ3n) is 4.97. The van der Waals surface area contributed by atoms with Gasteiger partial charge in [-0.15, -0.1) is 0 Å². The van der Waals surface area contributed by atoms with Crippen LogP contribution in [0.4, 0.5) is 11.4 Å². The summed E-state index contributed by atoms with van der Waals surface area (Å²) < 4.78 is 5.78. The van der Waals surface area contributed by atoms with E-state index in [4.69, 9.17) is 15.9 Å². The summed E-state index contributed by atoms with van der Waals surface area (Å²) >= 11 is 0. The van der Waals surface area contributed by atoms with Crippen molar-refractivity contribution >= 4 is 11.4 Å². The van der Waals surface area contributed by atoms with E-state index in [2.05, 4.69) is 23.1 Å². The number of nitrogens with two attached hydrogens (primary N) is 2. The van der Waals surface area contributed by atoms with Crippen molar-refractivity contribution < 1.29 is 4.42 Å². The Morgan fingerprint density at radius 1 is 0.840 bits per heavy atom. The van der Waals surface area contributed by atoms with E-state index in [1.54, 1.807) is 6.26 Å². The van der Waals surface area contributed by atoms with Crippen LogP contribution in [0.2, 0.25) is 0 Å². The van der Waals surface area contributed by atoms with E-state index in [0.29, 0.717) is 0 Å². The minimum atomic E-state index is 0.0742. The first-order valence-corrected chi connectivity index (χ1v) is 8.71. The molecular formula is C21H23N3O. The molecule has 1 aliphatic rings. The highest BCUT2D eigenvalue weighted by Crippen LogP contribution is 2.32. The molecule has 1 aliphatic heterocycles. The molecule has 0 bridgehead atoms. The molecule has 2 heterocycles. The van der Waals surface area contributed by atoms with Crippen LogP contribution in [-0.4, -0.2) is 18.0 Å². The van der Waals surface area contributed by atoms with Gasteiger partial charge < -0.3 is 15.9 Å². The van der Waals surface area contributed by atoms with Gasteiger partial charge in [-0.05, 0) is 65.9 Å². The third-order valence-corrected chi connectivity index (χ3v) is 4.97. The number of nitrogen functional groups attached to an aromatic ring is 2. The molecule has 0 radical (unpaired) electrons. The fraction of sp³-hybridized carbons (Fsp3) is 0.238. The molecule has 1 unspecified atom stereocenters. The molecule has 3 aromatic rings. The molecule has 4 nitrogen and oxygen atoms in total. The van der Waals surface area contributed by atoms with E-state index < -0.39 is 0 Å². The number of hydrogen-bond acceptors (Lipinski definition) is 4. The van der Waals surface area contributed by atoms with Crippen LogP contribution in [0.1, 0.15) is 28.5 Å². The largest absolute Gasteiger partial charge is 0.467 e. The molecule has 25 heavy (non-hydrogen) atoms. The minimum Gasteiger partial charge on any atom is -0.467 e. The van der Waals surface area contributed by atoms with E-state index in [0.717, 1.165) is 43.1 Å². The van der Waals surface area contributed by atoms with Crippen LogP contribution in [0.25, 0.3) is 0 Å². The van der Waals surface area contributed by atoms with Crippen molar-refractivity contribution in [2.45, 2.75) is 18.9 Å². The Hall–Kier alpha value is -2.72. The highest BCUT2D eigenvalue weighted by molar-refractivity contribution is 5.46. The lowest BCUT2D eigenvalue weighted by Crippen LogP contribution is -2.31. The summed E-state index contributed by atoms with van der Waals surface area (Å²) in [7, 11) is 0. The first-order valence-electron chi connectivity index (χ1n) is 8.71. The van der Waals surface area contributed by atoms with Crippen LogP contribution in [0.5, 0.6) is 0 Å². The Kier molecular flexibility index (Phi) is 4.20. The van der Waals surface area contributed by atoms with Crippen molar-refractivity contribution in [1.82, 2.24) is 4.90 Å². The molecule has 2 aromatic carbocycles. The molecule has 1 atom stereocenters. The molecule has 0 saturated heterocycles. The van der Waals surface area contributed by atoms with Crippen LogP contribution >= 0.6 is 0 Å². The van der Waals surface area contributed by atoms with Crippen LogP contribution in [0.3, 0.4) is 0 Å². The van der Waals surface area contributed by atoms with E-state index >= 15 is 0 Å². The van der Waals surface area contributed by atoms with Gasteiger partial charge in [0.05, 0.1) is 12.3 Å². The number of furan rings is 1. The standard InChI is InChI=1S/C21H23N3O/c22-18-4-1-3-17(14-18)21(20-5-2-12-25-20)24-10-8-15-6-7-19(23)13-16(15)9-11-24/h1-7,12-14,21H,8-11,22-23H2. The smallest absolute Gasteiger partial charge is 0.125 e. The molecule has 1 aromatic heterocycles. The Morgan fingerprint density at radius 2 is 1.64 bits per heavy atom. The van der Waals surface area contributed by atoms with Crippen LogP contribution in [-0.2, 0) is 12.8 Å². The van der Waals surface area contributed by atoms with Crippen LogP contribution in [0, 0.1) is 0 Å². The molecule has 0 spiro atoms. The average Bonchev–Trinajstić information content (AvgIpc) is 3.04. The molecule has 0 amide bonds. The lowest BCUT2D eigenvalue weighted by molar-refractivity contribution is 0.212. The van der Waals surface area contributed by atoms with Crippen molar-refractivity contribution in [3.8, 4) is 0 Å². The second-order valence-corrected chi connectivity index (χ2v) is 6.65. The summed E-state index contributed by atoms with van der Waals surface area (Å²) in [5.41, 5.74) is 17.5. The number of benzene rings is 2. The highest BCUT2D eigenvalue weighted by Gasteiger charge is 2.26. The molecule has 0 aliphatic carbocycles. The van der Waals surface area contributed by atoms with E-state index in [1.165, 1.54) is 16.7 Å². The van der Waals surface area contributed by atoms with Gasteiger partial charge in [0.1, 0.15) is 5.76 Å². The van der Waals surface area contributed by atoms with Gasteiger partial charge in [-0.3, -0.25) is 4.90 Å². The predicted octanol–water partition coefficient (Wildman–Crippen LogP) is 3.63. The molecule has 4 rings (SSSR count). The number of hydrogen-bond donors (Lipinski definition) is 2. The first-order chi connectivity index (χ1) is 12.2. The van der Waals surface area contributed by atoms with Crippen molar-refractivity contribution in [3.63, 3.8) is 0 Å². The fourth-order valence-corrected chi connectivity index (χ4v) is 3.75. The fourth-order valence-electron chi connectivity index (χ4n) is 3.75. The molecule has 4 N–H and O–H groups in total. The zero-order valence-corrected chi connectivity index (χ0v) is 14.2. The second kappa shape index (κ2) is 6.65. The van der Waals surface area contributed by atoms with Gasteiger partial charge in [0.15, 0.2) is 0 Å². The summed E-state index contributed by atoms with van der Waals surface area (Å²) in [6.07, 6.45) is 3.73. The highest BCUT2D eigenvalue weighted by atomic mass is 16.3. The summed E-state index contributed by atoms with van der Waals surface area (Å²) in [5.74, 6) is 0.955. The number of nitrogens with zero attached hydrogens (tertiary/aromatic N) is 1. The van der Waals surface area contributed by atoms with Gasteiger partial charge in [-0.25, -0.2) is 0 Å². The third kappa shape index (κ3) is 3.26. The Labute approximate surface area is 148 Å². The summed E-state index contributed by atoms with van der Waals surface area (Å²) in [6.45, 7) is 1.92. The van der Waals surface area contributed by atoms with E-state index in [1.807, 2.05) is 36.4 Å². The van der Waals surface area contributed by atoms with Gasteiger partial charge in [-0.2, -0.15) is 0 Å². The van der Waals surface area contributed by atoms with E-state index in [-0.39, 0.29) is 6.04 Å². The van der Waals surface area contributed by atoms with Gasteiger partial charge in [0, 0.05) is 24.5 Å². The molecular weight excluding hydrogens is 310 g/mol. The van der Waals surface area contributed by atoms with Gasteiger partial charge >= 0.3 is 0 Å². The summed E-state index contributed by atoms with van der Waals surface area (Å²) in [4.78, 5) is 2.48. The van der Waals surface area contributed by atoms with E-state index in [9.17, 15) is 0 Å². The summed E-state index contributed by atoms with van der Waals surface area (Å²) in [6, 6.07) is 18.4. The number of fused-ring (bicyclic) bond motifs is 1. The average molecular weight is 333 g/mol. The van der Waals surface area contributed by atoms with Crippen LogP contribution in [0.15, 0.2) is 65.3 Å². The van der Waals surface area contributed by atoms with Gasteiger partial charge in [0.2, 0.25) is 0 Å². The quantitative estimate of drug-likeness (QED) is 0.718. The topological polar surface area (TPSA) is 68.4 Å². The lowest BCUT2D eigenvalue weighted by Gasteiger charge is -2.29. The molecule has 0 saturated carbocycles. The maximum Gasteiger partial charge on any atom is 0.125 e. The van der Waals surface area contributed by atoms with Crippen molar-refractivity contribution in [2.75, 3.05) is 24.6 Å². The predicted molar refractivity (Wildman–Crippen MR) is 101 cm³/mol. The molecule has 128 valence electrons. The van der Waals surface area contributed by atoms with Crippen molar-refractivity contribution in [2.24, 2.45) is 0 Å². The number of anilines is 2. The Morgan fingerprint density at radius 3 is 2.40 bits per heavy atom. The summed E-state index contributed by atoms with van der Waals surface area (Å²) in [5, 5.41) is 0. The second-order valence-electron chi connectivity index (χ2n) is 6.65. The van der Waals surface area contributed by atoms with Crippen molar-refractivity contribution in [1.29, 1.82) is 0 Å². The van der Waals surface area contributed by atoms with Gasteiger partial charge in [-0.1, -0.05) is 18.2 Å². The number of rotatable bonds is 3. The van der Waals surface area contributed by atoms with Gasteiger partial charge in [0.25, 0.3) is 0 Å². The van der Waals surface area contributed by atoms with Crippen LogP contribution < -0.4 is 11.5 Å². The lowest BCUT2D eigenvalue weighted by atomic mass is 10.0. The Bertz CT molecular complexity index is 857.